The van der Waals surface area contributed by atoms with E-state index in [0.717, 1.165) is 0 Å². The summed E-state index contributed by atoms with van der Waals surface area (Å²) in [6.45, 7) is 1.22. The highest BCUT2D eigenvalue weighted by atomic mass is 16.6. The topological polar surface area (TPSA) is 55.6 Å². The van der Waals surface area contributed by atoms with Crippen LogP contribution in [-0.4, -0.2) is 30.1 Å². The predicted molar refractivity (Wildman–Crippen MR) is 54.4 cm³/mol. The van der Waals surface area contributed by atoms with Crippen molar-refractivity contribution in [3.63, 3.8) is 0 Å². The van der Waals surface area contributed by atoms with Crippen molar-refractivity contribution >= 4 is 5.69 Å². The monoisotopic (exact) mass is 208 g/mol. The van der Waals surface area contributed by atoms with Gasteiger partial charge in [-0.2, -0.15) is 0 Å². The van der Waals surface area contributed by atoms with E-state index in [1.165, 1.54) is 6.07 Å². The van der Waals surface area contributed by atoms with Gasteiger partial charge in [-0.15, -0.1) is 0 Å². The van der Waals surface area contributed by atoms with Crippen LogP contribution in [0.3, 0.4) is 0 Å². The second-order valence-electron chi connectivity index (χ2n) is 3.64. The van der Waals surface area contributed by atoms with Crippen LogP contribution in [0.2, 0.25) is 0 Å². The van der Waals surface area contributed by atoms with Gasteiger partial charge in [0.05, 0.1) is 17.2 Å². The number of ether oxygens (including phenoxy) is 1. The maximum atomic E-state index is 10.8. The van der Waals surface area contributed by atoms with Gasteiger partial charge in [0, 0.05) is 12.6 Å². The molecule has 1 aliphatic heterocycles. The summed E-state index contributed by atoms with van der Waals surface area (Å²) in [6, 6.07) is 6.73. The lowest BCUT2D eigenvalue weighted by molar-refractivity contribution is -0.386. The van der Waals surface area contributed by atoms with Gasteiger partial charge >= 0.3 is 0 Å². The van der Waals surface area contributed by atoms with Crippen LogP contribution in [0.25, 0.3) is 0 Å². The largest absolute Gasteiger partial charge is 0.357 e. The van der Waals surface area contributed by atoms with E-state index in [1.54, 1.807) is 18.2 Å². The van der Waals surface area contributed by atoms with E-state index in [-0.39, 0.29) is 16.7 Å². The molecule has 1 aromatic carbocycles. The molecule has 1 atom stereocenters. The third kappa shape index (κ3) is 1.98. The molecule has 2 rings (SSSR count). The molecule has 0 aromatic heterocycles. The number of rotatable bonds is 2. The highest BCUT2D eigenvalue weighted by molar-refractivity contribution is 5.41. The van der Waals surface area contributed by atoms with E-state index in [9.17, 15) is 10.1 Å². The molecule has 0 aliphatic carbocycles. The molecule has 0 bridgehead atoms. The number of hydrogen-bond acceptors (Lipinski definition) is 4. The molecule has 1 aliphatic rings. The Kier molecular flexibility index (Phi) is 2.66. The Hall–Kier alpha value is -1.46. The van der Waals surface area contributed by atoms with Crippen molar-refractivity contribution in [1.29, 1.82) is 0 Å². The Morgan fingerprint density at radius 1 is 1.53 bits per heavy atom. The first kappa shape index (κ1) is 10.1. The molecule has 0 saturated carbocycles. The van der Waals surface area contributed by atoms with Crippen molar-refractivity contribution in [1.82, 2.24) is 4.90 Å². The maximum absolute atomic E-state index is 10.8. The van der Waals surface area contributed by atoms with E-state index in [4.69, 9.17) is 4.74 Å². The summed E-state index contributed by atoms with van der Waals surface area (Å²) in [4.78, 5) is 12.4. The maximum Gasteiger partial charge on any atom is 0.275 e. The lowest BCUT2D eigenvalue weighted by atomic mass is 10.1. The lowest BCUT2D eigenvalue weighted by Gasteiger charge is -2.09. The number of para-hydroxylation sites is 1. The van der Waals surface area contributed by atoms with Crippen LogP contribution >= 0.6 is 0 Å². The second-order valence-corrected chi connectivity index (χ2v) is 3.64. The van der Waals surface area contributed by atoms with Crippen molar-refractivity contribution in [3.8, 4) is 0 Å². The van der Waals surface area contributed by atoms with Crippen molar-refractivity contribution in [2.75, 3.05) is 20.3 Å². The third-order valence-electron chi connectivity index (χ3n) is 2.45. The fourth-order valence-corrected chi connectivity index (χ4v) is 1.72. The molecule has 1 aromatic rings. The van der Waals surface area contributed by atoms with Crippen LogP contribution in [0.5, 0.6) is 0 Å². The zero-order valence-electron chi connectivity index (χ0n) is 8.42. The van der Waals surface area contributed by atoms with Crippen LogP contribution in [0.15, 0.2) is 24.3 Å². The Labute approximate surface area is 87.4 Å². The molecule has 0 spiro atoms. The van der Waals surface area contributed by atoms with Gasteiger partial charge in [0.15, 0.2) is 0 Å². The smallest absolute Gasteiger partial charge is 0.275 e. The first-order valence-electron chi connectivity index (χ1n) is 4.72. The molecule has 0 radical (unpaired) electrons. The van der Waals surface area contributed by atoms with Gasteiger partial charge < -0.3 is 4.74 Å². The molecule has 5 heteroatoms. The van der Waals surface area contributed by atoms with Crippen molar-refractivity contribution < 1.29 is 9.66 Å². The number of benzene rings is 1. The number of likely N-dealkylation sites (N-methyl/N-ethyl adjacent to an activating group) is 1. The normalized spacial score (nSPS) is 21.8. The quantitative estimate of drug-likeness (QED) is 0.546. The molecule has 0 N–H and O–H groups in total. The third-order valence-corrected chi connectivity index (χ3v) is 2.45. The minimum absolute atomic E-state index is 0.137. The first-order chi connectivity index (χ1) is 7.18. The van der Waals surface area contributed by atoms with E-state index in [2.05, 4.69) is 0 Å². The highest BCUT2D eigenvalue weighted by Gasteiger charge is 2.27. The number of nitro benzene ring substituents is 1. The molecule has 15 heavy (non-hydrogen) atoms. The minimum Gasteiger partial charge on any atom is -0.357 e. The Morgan fingerprint density at radius 2 is 2.27 bits per heavy atom. The summed E-state index contributed by atoms with van der Waals surface area (Å²) in [5, 5.41) is 10.8. The van der Waals surface area contributed by atoms with Crippen molar-refractivity contribution in [2.24, 2.45) is 0 Å². The van der Waals surface area contributed by atoms with Crippen LogP contribution in [0.1, 0.15) is 11.7 Å². The number of nitro groups is 1. The van der Waals surface area contributed by atoms with Gasteiger partial charge in [0.2, 0.25) is 0 Å². The fourth-order valence-electron chi connectivity index (χ4n) is 1.72. The number of hydrogen-bond donors (Lipinski definition) is 0. The summed E-state index contributed by atoms with van der Waals surface area (Å²) in [6.07, 6.45) is -0.184. The van der Waals surface area contributed by atoms with Gasteiger partial charge in [0.1, 0.15) is 6.10 Å². The second kappa shape index (κ2) is 3.96. The molecule has 1 heterocycles. The Morgan fingerprint density at radius 3 is 2.87 bits per heavy atom. The molecule has 5 nitrogen and oxygen atoms in total. The average molecular weight is 208 g/mol. The average Bonchev–Trinajstić information content (AvgIpc) is 2.65. The SMILES string of the molecule is CN1COC(c2ccccc2[N+](=O)[O-])C1. The predicted octanol–water partition coefficient (Wildman–Crippen LogP) is 1.56. The molecule has 0 amide bonds. The lowest BCUT2D eigenvalue weighted by Crippen LogP contribution is -2.13. The van der Waals surface area contributed by atoms with Gasteiger partial charge in [-0.25, -0.2) is 0 Å². The summed E-state index contributed by atoms with van der Waals surface area (Å²) >= 11 is 0. The zero-order chi connectivity index (χ0) is 10.8. The van der Waals surface area contributed by atoms with Gasteiger partial charge in [-0.05, 0) is 13.1 Å². The van der Waals surface area contributed by atoms with E-state index >= 15 is 0 Å². The summed E-state index contributed by atoms with van der Waals surface area (Å²) in [7, 11) is 1.93. The van der Waals surface area contributed by atoms with Crippen molar-refractivity contribution in [2.45, 2.75) is 6.10 Å². The van der Waals surface area contributed by atoms with Crippen molar-refractivity contribution in [3.05, 3.63) is 39.9 Å². The molecule has 1 saturated heterocycles. The van der Waals surface area contributed by atoms with Crippen LogP contribution in [0, 0.1) is 10.1 Å². The zero-order valence-corrected chi connectivity index (χ0v) is 8.42. The van der Waals surface area contributed by atoms with Crippen LogP contribution in [0.4, 0.5) is 5.69 Å². The fraction of sp³-hybridized carbons (Fsp3) is 0.400. The summed E-state index contributed by atoms with van der Waals surface area (Å²) in [5.74, 6) is 0. The standard InChI is InChI=1S/C10H12N2O3/c1-11-6-10(15-7-11)8-4-2-3-5-9(8)12(13)14/h2-5,10H,6-7H2,1H3. The molecular formula is C10H12N2O3. The first-order valence-corrected chi connectivity index (χ1v) is 4.72. The van der Waals surface area contributed by atoms with Gasteiger partial charge in [-0.1, -0.05) is 12.1 Å². The highest BCUT2D eigenvalue weighted by Crippen LogP contribution is 2.30. The van der Waals surface area contributed by atoms with Crippen LogP contribution in [-0.2, 0) is 4.74 Å². The van der Waals surface area contributed by atoms with E-state index in [1.807, 2.05) is 11.9 Å². The Balaban J connectivity index is 2.31. The van der Waals surface area contributed by atoms with Gasteiger partial charge in [0.25, 0.3) is 5.69 Å². The summed E-state index contributed by atoms with van der Waals surface area (Å²) < 4.78 is 5.46. The molecule has 80 valence electrons. The number of nitrogens with zero attached hydrogens (tertiary/aromatic N) is 2. The Bertz CT molecular complexity index is 381. The summed E-state index contributed by atoms with van der Waals surface area (Å²) in [5.41, 5.74) is 0.796. The molecular weight excluding hydrogens is 196 g/mol. The van der Waals surface area contributed by atoms with E-state index < -0.39 is 0 Å². The molecule has 1 fully saturated rings. The van der Waals surface area contributed by atoms with Gasteiger partial charge in [-0.3, -0.25) is 15.0 Å². The minimum atomic E-state index is -0.364. The van der Waals surface area contributed by atoms with E-state index in [0.29, 0.717) is 18.8 Å². The molecule has 1 unspecified atom stereocenters. The van der Waals surface area contributed by atoms with Crippen LogP contribution < -0.4 is 0 Å².